The minimum absolute atomic E-state index is 0.265. The maximum atomic E-state index is 12.0. The number of nitrogens with zero attached hydrogens (tertiary/aromatic N) is 3. The molecule has 0 radical (unpaired) electrons. The van der Waals surface area contributed by atoms with Gasteiger partial charge in [0.15, 0.2) is 0 Å². The lowest BCUT2D eigenvalue weighted by molar-refractivity contribution is 0.0538. The van der Waals surface area contributed by atoms with Crippen molar-refractivity contribution in [1.82, 2.24) is 15.4 Å². The highest BCUT2D eigenvalue weighted by Gasteiger charge is 2.20. The number of likely N-dealkylation sites (N-methyl/N-ethyl adjacent to an activating group) is 1. The van der Waals surface area contributed by atoms with Gasteiger partial charge in [0.2, 0.25) is 0 Å². The van der Waals surface area contributed by atoms with Gasteiger partial charge in [-0.1, -0.05) is 6.07 Å². The van der Waals surface area contributed by atoms with E-state index < -0.39 is 0 Å². The number of nitrogens with one attached hydrogen (secondary N) is 1. The number of fused-ring (bicyclic) bond motifs is 3. The van der Waals surface area contributed by atoms with Gasteiger partial charge in [-0.15, -0.1) is 11.3 Å². The molecule has 1 N–H and O–H groups in total. The molecule has 130 valence electrons. The van der Waals surface area contributed by atoms with Crippen LogP contribution in [0.2, 0.25) is 0 Å². The van der Waals surface area contributed by atoms with Crippen LogP contribution < -0.4 is 10.4 Å². The second-order valence-corrected chi connectivity index (χ2v) is 7.17. The molecular weight excluding hydrogens is 336 g/mol. The van der Waals surface area contributed by atoms with Gasteiger partial charge in [0.25, 0.3) is 5.91 Å². The molecule has 3 heterocycles. The Morgan fingerprint density at radius 2 is 2.00 bits per heavy atom. The molecule has 1 saturated heterocycles. The van der Waals surface area contributed by atoms with E-state index in [1.54, 1.807) is 11.3 Å². The third-order valence-electron chi connectivity index (χ3n) is 4.63. The van der Waals surface area contributed by atoms with Crippen molar-refractivity contribution in [2.24, 2.45) is 0 Å². The van der Waals surface area contributed by atoms with E-state index in [1.165, 1.54) is 17.2 Å². The summed E-state index contributed by atoms with van der Waals surface area (Å²) in [6, 6.07) is 7.76. The third kappa shape index (κ3) is 2.95. The zero-order valence-corrected chi connectivity index (χ0v) is 15.1. The zero-order valence-electron chi connectivity index (χ0n) is 14.3. The van der Waals surface area contributed by atoms with Gasteiger partial charge in [-0.25, -0.2) is 10.5 Å². The smallest absolute Gasteiger partial charge is 0.274 e. The van der Waals surface area contributed by atoms with Gasteiger partial charge in [-0.2, -0.15) is 0 Å². The molecule has 2 aromatic heterocycles. The van der Waals surface area contributed by atoms with Gasteiger partial charge in [0.05, 0.1) is 12.6 Å². The molecule has 4 rings (SSSR count). The normalized spacial score (nSPS) is 15.8. The van der Waals surface area contributed by atoms with Gasteiger partial charge < -0.3 is 9.80 Å². The Kier molecular flexibility index (Phi) is 4.29. The summed E-state index contributed by atoms with van der Waals surface area (Å²) < 4.78 is 1.22. The van der Waals surface area contributed by atoms with Crippen LogP contribution in [0.25, 0.3) is 21.0 Å². The van der Waals surface area contributed by atoms with E-state index in [0.717, 1.165) is 42.9 Å². The SMILES string of the molecule is CONC(=O)c1ccc2c(c1)nc(N1CCN(C)CC1)c1ccsc12. The van der Waals surface area contributed by atoms with Crippen molar-refractivity contribution in [2.45, 2.75) is 0 Å². The number of aromatic nitrogens is 1. The summed E-state index contributed by atoms with van der Waals surface area (Å²) in [6.07, 6.45) is 0. The minimum Gasteiger partial charge on any atom is -0.353 e. The van der Waals surface area contributed by atoms with Crippen molar-refractivity contribution >= 4 is 44.1 Å². The Labute approximate surface area is 150 Å². The molecule has 7 heteroatoms. The van der Waals surface area contributed by atoms with Crippen LogP contribution in [0.1, 0.15) is 10.4 Å². The molecular formula is C18H20N4O2S. The first kappa shape index (κ1) is 16.3. The van der Waals surface area contributed by atoms with E-state index in [9.17, 15) is 4.79 Å². The van der Waals surface area contributed by atoms with Gasteiger partial charge in [0.1, 0.15) is 5.82 Å². The van der Waals surface area contributed by atoms with E-state index in [1.807, 2.05) is 18.2 Å². The second-order valence-electron chi connectivity index (χ2n) is 6.26. The van der Waals surface area contributed by atoms with Crippen LogP contribution in [-0.2, 0) is 4.84 Å². The zero-order chi connectivity index (χ0) is 17.4. The molecule has 25 heavy (non-hydrogen) atoms. The first-order chi connectivity index (χ1) is 12.2. The number of hydrogen-bond acceptors (Lipinski definition) is 6. The summed E-state index contributed by atoms with van der Waals surface area (Å²) in [7, 11) is 3.57. The molecule has 1 aliphatic heterocycles. The predicted octanol–water partition coefficient (Wildman–Crippen LogP) is 2.49. The largest absolute Gasteiger partial charge is 0.353 e. The van der Waals surface area contributed by atoms with Gasteiger partial charge >= 0.3 is 0 Å². The van der Waals surface area contributed by atoms with Crippen molar-refractivity contribution in [3.8, 4) is 0 Å². The van der Waals surface area contributed by atoms with E-state index >= 15 is 0 Å². The van der Waals surface area contributed by atoms with Crippen molar-refractivity contribution in [1.29, 1.82) is 0 Å². The number of hydroxylamine groups is 1. The molecule has 0 spiro atoms. The number of piperazine rings is 1. The fourth-order valence-electron chi connectivity index (χ4n) is 3.24. The first-order valence-electron chi connectivity index (χ1n) is 8.25. The molecule has 1 aliphatic rings. The number of pyridine rings is 1. The number of benzene rings is 1. The van der Waals surface area contributed by atoms with Crippen molar-refractivity contribution in [2.75, 3.05) is 45.2 Å². The van der Waals surface area contributed by atoms with Crippen LogP contribution in [0, 0.1) is 0 Å². The van der Waals surface area contributed by atoms with Crippen LogP contribution in [0.5, 0.6) is 0 Å². The Hall–Kier alpha value is -2.22. The van der Waals surface area contributed by atoms with E-state index in [0.29, 0.717) is 5.56 Å². The maximum absolute atomic E-state index is 12.0. The number of carbonyl (C=O) groups is 1. The van der Waals surface area contributed by atoms with Crippen LogP contribution in [0.4, 0.5) is 5.82 Å². The van der Waals surface area contributed by atoms with Crippen molar-refractivity contribution in [3.05, 3.63) is 35.2 Å². The fraction of sp³-hybridized carbons (Fsp3) is 0.333. The van der Waals surface area contributed by atoms with Crippen molar-refractivity contribution in [3.63, 3.8) is 0 Å². The third-order valence-corrected chi connectivity index (χ3v) is 5.58. The molecule has 1 aromatic carbocycles. The molecule has 1 fully saturated rings. The molecule has 0 unspecified atom stereocenters. The molecule has 3 aromatic rings. The summed E-state index contributed by atoms with van der Waals surface area (Å²) >= 11 is 1.72. The molecule has 0 aliphatic carbocycles. The fourth-order valence-corrected chi connectivity index (χ4v) is 4.16. The van der Waals surface area contributed by atoms with Crippen LogP contribution in [0.15, 0.2) is 29.6 Å². The number of hydrogen-bond donors (Lipinski definition) is 1. The molecule has 0 saturated carbocycles. The van der Waals surface area contributed by atoms with Crippen LogP contribution in [0.3, 0.4) is 0 Å². The Morgan fingerprint density at radius 1 is 1.20 bits per heavy atom. The predicted molar refractivity (Wildman–Crippen MR) is 101 cm³/mol. The highest BCUT2D eigenvalue weighted by atomic mass is 32.1. The average molecular weight is 356 g/mol. The Morgan fingerprint density at radius 3 is 2.76 bits per heavy atom. The topological polar surface area (TPSA) is 57.7 Å². The number of carbonyl (C=O) groups excluding carboxylic acids is 1. The van der Waals surface area contributed by atoms with Crippen molar-refractivity contribution < 1.29 is 9.63 Å². The average Bonchev–Trinajstić information content (AvgIpc) is 3.11. The summed E-state index contributed by atoms with van der Waals surface area (Å²) in [4.78, 5) is 26.4. The summed E-state index contributed by atoms with van der Waals surface area (Å²) in [5.41, 5.74) is 3.75. The van der Waals surface area contributed by atoms with Crippen LogP contribution >= 0.6 is 11.3 Å². The summed E-state index contributed by atoms with van der Waals surface area (Å²) in [5, 5.41) is 4.38. The molecule has 1 amide bonds. The van der Waals surface area contributed by atoms with E-state index in [-0.39, 0.29) is 5.91 Å². The van der Waals surface area contributed by atoms with Gasteiger partial charge in [0, 0.05) is 47.2 Å². The summed E-state index contributed by atoms with van der Waals surface area (Å²) in [6.45, 7) is 3.98. The number of amides is 1. The second kappa shape index (κ2) is 6.59. The van der Waals surface area contributed by atoms with Gasteiger partial charge in [-0.3, -0.25) is 9.63 Å². The first-order valence-corrected chi connectivity index (χ1v) is 9.13. The highest BCUT2D eigenvalue weighted by molar-refractivity contribution is 7.18. The minimum atomic E-state index is -0.265. The standard InChI is InChI=1S/C18H20N4O2S/c1-21-6-8-22(9-7-21)17-14-5-10-25-16(14)13-4-3-12(11-15(13)19-17)18(23)20-24-2/h3-5,10-11H,6-9H2,1-2H3,(H,20,23). The van der Waals surface area contributed by atoms with Gasteiger partial charge in [-0.05, 0) is 30.6 Å². The lowest BCUT2D eigenvalue weighted by atomic mass is 10.1. The van der Waals surface area contributed by atoms with Crippen LogP contribution in [-0.4, -0.2) is 56.1 Å². The Bertz CT molecular complexity index is 931. The monoisotopic (exact) mass is 356 g/mol. The number of anilines is 1. The number of thiophene rings is 1. The van der Waals surface area contributed by atoms with E-state index in [4.69, 9.17) is 9.82 Å². The maximum Gasteiger partial charge on any atom is 0.274 e. The molecule has 6 nitrogen and oxygen atoms in total. The summed E-state index contributed by atoms with van der Waals surface area (Å²) in [5.74, 6) is 0.750. The molecule has 0 atom stereocenters. The Balaban J connectivity index is 1.83. The quantitative estimate of drug-likeness (QED) is 0.731. The number of rotatable bonds is 3. The highest BCUT2D eigenvalue weighted by Crippen LogP contribution is 2.35. The molecule has 0 bridgehead atoms. The lowest BCUT2D eigenvalue weighted by Crippen LogP contribution is -2.44. The lowest BCUT2D eigenvalue weighted by Gasteiger charge is -2.33. The van der Waals surface area contributed by atoms with E-state index in [2.05, 4.69) is 33.8 Å².